The summed E-state index contributed by atoms with van der Waals surface area (Å²) in [5.41, 5.74) is 2.40. The summed E-state index contributed by atoms with van der Waals surface area (Å²) in [5, 5.41) is 7.67. The van der Waals surface area contributed by atoms with Gasteiger partial charge in [-0.25, -0.2) is 4.98 Å². The third-order valence-corrected chi connectivity index (χ3v) is 5.06. The second-order valence-electron chi connectivity index (χ2n) is 7.03. The summed E-state index contributed by atoms with van der Waals surface area (Å²) < 4.78 is 0. The number of amides is 2. The van der Waals surface area contributed by atoms with Gasteiger partial charge in [-0.1, -0.05) is 36.4 Å². The van der Waals surface area contributed by atoms with E-state index in [1.807, 2.05) is 53.4 Å². The number of aromatic nitrogens is 1. The van der Waals surface area contributed by atoms with Gasteiger partial charge >= 0.3 is 0 Å². The molecule has 0 fully saturated rings. The Hall–Kier alpha value is -2.67. The molecule has 0 spiro atoms. The van der Waals surface area contributed by atoms with Gasteiger partial charge in [-0.3, -0.25) is 14.5 Å². The van der Waals surface area contributed by atoms with Crippen LogP contribution in [0.15, 0.2) is 54.7 Å². The monoisotopic (exact) mass is 458 g/mol. The number of anilines is 2. The Labute approximate surface area is 191 Å². The first-order chi connectivity index (χ1) is 15.0. The number of halogens is 2. The first-order valence-corrected chi connectivity index (χ1v) is 11.0. The van der Waals surface area contributed by atoms with Crippen LogP contribution in [-0.2, 0) is 9.59 Å². The smallest absolute Gasteiger partial charge is 0.238 e. The van der Waals surface area contributed by atoms with Gasteiger partial charge in [0.1, 0.15) is 5.82 Å². The van der Waals surface area contributed by atoms with E-state index in [1.165, 1.54) is 6.92 Å². The fraction of sp³-hybridized carbons (Fsp3) is 0.261. The van der Waals surface area contributed by atoms with Crippen LogP contribution in [0.25, 0.3) is 21.9 Å². The van der Waals surface area contributed by atoms with Crippen LogP contribution in [0.2, 0.25) is 0 Å². The van der Waals surface area contributed by atoms with Gasteiger partial charge in [0.2, 0.25) is 11.8 Å². The second-order valence-corrected chi connectivity index (χ2v) is 7.79. The van der Waals surface area contributed by atoms with Crippen LogP contribution in [0, 0.1) is 0 Å². The zero-order valence-corrected chi connectivity index (χ0v) is 18.7. The van der Waals surface area contributed by atoms with E-state index >= 15 is 0 Å². The molecule has 0 atom stereocenters. The lowest BCUT2D eigenvalue weighted by atomic mass is 9.99. The van der Waals surface area contributed by atoms with E-state index in [1.54, 1.807) is 6.20 Å². The van der Waals surface area contributed by atoms with Crippen molar-refractivity contribution >= 4 is 57.3 Å². The fourth-order valence-corrected chi connectivity index (χ4v) is 3.83. The molecular formula is C23H24Cl2N4O2. The molecule has 0 saturated carbocycles. The largest absolute Gasteiger partial charge is 0.325 e. The Morgan fingerprint density at radius 1 is 0.968 bits per heavy atom. The molecule has 3 rings (SSSR count). The number of nitrogens with one attached hydrogen (secondary N) is 2. The molecule has 3 aromatic rings. The van der Waals surface area contributed by atoms with Crippen LogP contribution in [0.3, 0.4) is 0 Å². The summed E-state index contributed by atoms with van der Waals surface area (Å²) in [7, 11) is 0. The van der Waals surface area contributed by atoms with Crippen molar-refractivity contribution in [2.24, 2.45) is 0 Å². The van der Waals surface area contributed by atoms with Gasteiger partial charge in [0.05, 0.1) is 6.54 Å². The molecule has 0 unspecified atom stereocenters. The third-order valence-electron chi connectivity index (χ3n) is 4.72. The first kappa shape index (κ1) is 23.0. The molecule has 0 aliphatic heterocycles. The molecule has 0 aliphatic rings. The molecule has 0 bridgehead atoms. The van der Waals surface area contributed by atoms with E-state index in [4.69, 9.17) is 23.2 Å². The fourth-order valence-electron chi connectivity index (χ4n) is 3.35. The lowest BCUT2D eigenvalue weighted by molar-refractivity contribution is -0.117. The molecule has 162 valence electrons. The number of carbonyl (C=O) groups excluding carboxylic acids is 2. The lowest BCUT2D eigenvalue weighted by Gasteiger charge is -2.19. The van der Waals surface area contributed by atoms with Gasteiger partial charge in [-0.05, 0) is 23.1 Å². The third kappa shape index (κ3) is 6.17. The van der Waals surface area contributed by atoms with Crippen molar-refractivity contribution in [3.63, 3.8) is 0 Å². The normalized spacial score (nSPS) is 11.0. The molecule has 2 amide bonds. The first-order valence-electron chi connectivity index (χ1n) is 9.91. The second kappa shape index (κ2) is 11.1. The van der Waals surface area contributed by atoms with Crippen molar-refractivity contribution in [1.82, 2.24) is 9.88 Å². The highest BCUT2D eigenvalue weighted by atomic mass is 35.5. The minimum atomic E-state index is -0.189. The topological polar surface area (TPSA) is 74.3 Å². The predicted molar refractivity (Wildman–Crippen MR) is 128 cm³/mol. The lowest BCUT2D eigenvalue weighted by Crippen LogP contribution is -2.35. The summed E-state index contributed by atoms with van der Waals surface area (Å²) in [4.78, 5) is 30.4. The Kier molecular flexibility index (Phi) is 8.23. The molecule has 0 radical (unpaired) electrons. The molecular weight excluding hydrogens is 435 g/mol. The summed E-state index contributed by atoms with van der Waals surface area (Å²) >= 11 is 11.6. The number of pyridine rings is 1. The molecule has 6 nitrogen and oxygen atoms in total. The van der Waals surface area contributed by atoms with Crippen molar-refractivity contribution in [2.75, 3.05) is 42.0 Å². The van der Waals surface area contributed by atoms with E-state index in [0.717, 1.165) is 21.9 Å². The van der Waals surface area contributed by atoms with Crippen LogP contribution in [0.1, 0.15) is 6.92 Å². The Morgan fingerprint density at radius 2 is 1.65 bits per heavy atom. The highest BCUT2D eigenvalue weighted by molar-refractivity contribution is 6.18. The zero-order chi connectivity index (χ0) is 22.2. The van der Waals surface area contributed by atoms with E-state index in [2.05, 4.69) is 15.6 Å². The van der Waals surface area contributed by atoms with Crippen molar-refractivity contribution in [2.45, 2.75) is 6.92 Å². The van der Waals surface area contributed by atoms with E-state index in [-0.39, 0.29) is 18.4 Å². The van der Waals surface area contributed by atoms with E-state index in [0.29, 0.717) is 36.4 Å². The SMILES string of the molecule is CC(=O)Nc1ncc2ccccc2c1-c1ccc(NC(=O)CN(CCCl)CCCl)cc1. The maximum atomic E-state index is 12.4. The van der Waals surface area contributed by atoms with Crippen LogP contribution in [0.4, 0.5) is 11.5 Å². The number of hydrogen-bond donors (Lipinski definition) is 2. The Bertz CT molecular complexity index is 1050. The maximum absolute atomic E-state index is 12.4. The minimum absolute atomic E-state index is 0.131. The Morgan fingerprint density at radius 3 is 2.29 bits per heavy atom. The average Bonchev–Trinajstić information content (AvgIpc) is 2.74. The quantitative estimate of drug-likeness (QED) is 0.460. The molecule has 2 aromatic carbocycles. The number of carbonyl (C=O) groups is 2. The van der Waals surface area contributed by atoms with Gasteiger partial charge in [0.25, 0.3) is 0 Å². The summed E-state index contributed by atoms with van der Waals surface area (Å²) in [6, 6.07) is 15.3. The van der Waals surface area contributed by atoms with Crippen LogP contribution < -0.4 is 10.6 Å². The van der Waals surface area contributed by atoms with Gasteiger partial charge < -0.3 is 10.6 Å². The number of fused-ring (bicyclic) bond motifs is 1. The van der Waals surface area contributed by atoms with E-state index < -0.39 is 0 Å². The summed E-state index contributed by atoms with van der Waals surface area (Å²) in [6.07, 6.45) is 1.74. The minimum Gasteiger partial charge on any atom is -0.325 e. The van der Waals surface area contributed by atoms with Gasteiger partial charge in [0, 0.05) is 54.6 Å². The molecule has 1 heterocycles. The summed E-state index contributed by atoms with van der Waals surface area (Å²) in [5.74, 6) is 1.06. The average molecular weight is 459 g/mol. The molecule has 0 aliphatic carbocycles. The number of hydrogen-bond acceptors (Lipinski definition) is 4. The maximum Gasteiger partial charge on any atom is 0.238 e. The number of alkyl halides is 2. The van der Waals surface area contributed by atoms with Crippen molar-refractivity contribution in [1.29, 1.82) is 0 Å². The summed E-state index contributed by atoms with van der Waals surface area (Å²) in [6.45, 7) is 2.87. The van der Waals surface area contributed by atoms with Crippen LogP contribution in [0.5, 0.6) is 0 Å². The predicted octanol–water partition coefficient (Wildman–Crippen LogP) is 4.58. The number of nitrogens with zero attached hydrogens (tertiary/aromatic N) is 2. The number of benzene rings is 2. The highest BCUT2D eigenvalue weighted by Gasteiger charge is 2.14. The standard InChI is InChI=1S/C23H24Cl2N4O2/c1-16(30)27-23-22(20-5-3-2-4-18(20)14-26-23)17-6-8-19(9-7-17)28-21(31)15-29(12-10-24)13-11-25/h2-9,14H,10-13,15H2,1H3,(H,28,31)(H,26,27,30). The van der Waals surface area contributed by atoms with Gasteiger partial charge in [-0.2, -0.15) is 0 Å². The molecule has 8 heteroatoms. The molecule has 31 heavy (non-hydrogen) atoms. The van der Waals surface area contributed by atoms with Crippen LogP contribution in [-0.4, -0.2) is 53.1 Å². The highest BCUT2D eigenvalue weighted by Crippen LogP contribution is 2.34. The molecule has 0 saturated heterocycles. The Balaban J connectivity index is 1.83. The van der Waals surface area contributed by atoms with Crippen molar-refractivity contribution in [3.8, 4) is 11.1 Å². The van der Waals surface area contributed by atoms with Crippen LogP contribution >= 0.6 is 23.2 Å². The van der Waals surface area contributed by atoms with Gasteiger partial charge in [0.15, 0.2) is 0 Å². The molecule has 1 aromatic heterocycles. The molecule has 2 N–H and O–H groups in total. The number of rotatable bonds is 9. The van der Waals surface area contributed by atoms with Crippen molar-refractivity contribution in [3.05, 3.63) is 54.7 Å². The van der Waals surface area contributed by atoms with Crippen molar-refractivity contribution < 1.29 is 9.59 Å². The van der Waals surface area contributed by atoms with Gasteiger partial charge in [-0.15, -0.1) is 23.2 Å². The van der Waals surface area contributed by atoms with E-state index in [9.17, 15) is 9.59 Å². The zero-order valence-electron chi connectivity index (χ0n) is 17.2.